The monoisotopic (exact) mass is 447 g/mol. The lowest BCUT2D eigenvalue weighted by atomic mass is 9.88. The van der Waals surface area contributed by atoms with Crippen LogP contribution in [-0.4, -0.2) is 45.7 Å². The van der Waals surface area contributed by atoms with E-state index >= 15 is 0 Å². The molecule has 1 fully saturated rings. The molecular weight excluding hydrogens is 414 g/mol. The summed E-state index contributed by atoms with van der Waals surface area (Å²) in [6, 6.07) is 12.0. The molecule has 0 radical (unpaired) electrons. The topological polar surface area (TPSA) is 74.6 Å². The summed E-state index contributed by atoms with van der Waals surface area (Å²) in [5.74, 6) is -0.143. The number of aromatic nitrogens is 1. The van der Waals surface area contributed by atoms with Crippen LogP contribution in [0.4, 0.5) is 0 Å². The van der Waals surface area contributed by atoms with E-state index in [0.717, 1.165) is 31.5 Å². The van der Waals surface area contributed by atoms with Crippen molar-refractivity contribution < 1.29 is 9.90 Å². The predicted molar refractivity (Wildman–Crippen MR) is 129 cm³/mol. The number of likely N-dealkylation sites (tertiary alicyclic amines) is 1. The van der Waals surface area contributed by atoms with Crippen LogP contribution in [-0.2, 0) is 24.2 Å². The Bertz CT molecular complexity index is 1110. The fourth-order valence-corrected chi connectivity index (χ4v) is 6.40. The number of carbonyl (C=O) groups is 1. The van der Waals surface area contributed by atoms with Crippen LogP contribution in [0.15, 0.2) is 47.3 Å². The first kappa shape index (κ1) is 22.1. The van der Waals surface area contributed by atoms with Crippen LogP contribution in [0.5, 0.6) is 0 Å². The molecule has 0 unspecified atom stereocenters. The number of aliphatic hydroxyl groups is 1. The lowest BCUT2D eigenvalue weighted by molar-refractivity contribution is -0.128. The minimum absolute atomic E-state index is 0.00846. The number of hydrogen-bond acceptors (Lipinski definition) is 4. The number of fused-ring (bicyclic) bond motifs is 4. The zero-order valence-electron chi connectivity index (χ0n) is 19.4. The zero-order chi connectivity index (χ0) is 23.1. The lowest BCUT2D eigenvalue weighted by Gasteiger charge is -2.31. The van der Waals surface area contributed by atoms with Crippen molar-refractivity contribution in [1.29, 1.82) is 0 Å². The molecule has 0 bridgehead atoms. The Balaban J connectivity index is 1.43. The van der Waals surface area contributed by atoms with E-state index in [1.165, 1.54) is 11.1 Å². The molecule has 0 saturated carbocycles. The van der Waals surface area contributed by atoms with Crippen molar-refractivity contribution in [2.24, 2.45) is 11.8 Å². The number of amides is 1. The van der Waals surface area contributed by atoms with Crippen molar-refractivity contribution in [1.82, 2.24) is 14.8 Å². The van der Waals surface area contributed by atoms with Crippen molar-refractivity contribution in [2.75, 3.05) is 13.2 Å². The number of rotatable bonds is 6. The second-order valence-corrected chi connectivity index (χ2v) is 9.65. The molecule has 33 heavy (non-hydrogen) atoms. The molecule has 6 nitrogen and oxygen atoms in total. The average molecular weight is 448 g/mol. The van der Waals surface area contributed by atoms with Gasteiger partial charge in [0.05, 0.1) is 12.1 Å². The Kier molecular flexibility index (Phi) is 5.97. The summed E-state index contributed by atoms with van der Waals surface area (Å²) in [5, 5.41) is 13.7. The van der Waals surface area contributed by atoms with E-state index in [1.807, 2.05) is 47.9 Å². The molecule has 0 spiro atoms. The Hall–Kier alpha value is -2.70. The first-order valence-electron chi connectivity index (χ1n) is 12.2. The number of pyridine rings is 1. The molecule has 6 heteroatoms. The van der Waals surface area contributed by atoms with Crippen molar-refractivity contribution in [3.05, 3.63) is 75.2 Å². The maximum absolute atomic E-state index is 13.6. The summed E-state index contributed by atoms with van der Waals surface area (Å²) < 4.78 is 1.86. The van der Waals surface area contributed by atoms with Crippen LogP contribution in [0.1, 0.15) is 48.7 Å². The minimum Gasteiger partial charge on any atom is -0.396 e. The van der Waals surface area contributed by atoms with Gasteiger partial charge in [0.2, 0.25) is 5.91 Å². The van der Waals surface area contributed by atoms with Gasteiger partial charge in [-0.2, -0.15) is 0 Å². The van der Waals surface area contributed by atoms with E-state index in [0.29, 0.717) is 12.1 Å². The predicted octanol–water partition coefficient (Wildman–Crippen LogP) is 2.54. The molecule has 1 aromatic heterocycles. The molecule has 1 amide bonds. The highest BCUT2D eigenvalue weighted by atomic mass is 16.3. The van der Waals surface area contributed by atoms with Crippen LogP contribution in [0.3, 0.4) is 0 Å². The second kappa shape index (κ2) is 8.92. The second-order valence-electron chi connectivity index (χ2n) is 9.65. The van der Waals surface area contributed by atoms with Gasteiger partial charge in [0.25, 0.3) is 5.56 Å². The first-order valence-corrected chi connectivity index (χ1v) is 12.2. The highest BCUT2D eigenvalue weighted by Crippen LogP contribution is 2.49. The van der Waals surface area contributed by atoms with E-state index < -0.39 is 0 Å². The highest BCUT2D eigenvalue weighted by Gasteiger charge is 2.55. The summed E-state index contributed by atoms with van der Waals surface area (Å²) in [6.07, 6.45) is 6.32. The van der Waals surface area contributed by atoms with Crippen molar-refractivity contribution >= 4 is 12.0 Å². The maximum Gasteiger partial charge on any atom is 0.258 e. The van der Waals surface area contributed by atoms with Crippen molar-refractivity contribution in [2.45, 2.75) is 57.8 Å². The van der Waals surface area contributed by atoms with Gasteiger partial charge in [0, 0.05) is 42.3 Å². The summed E-state index contributed by atoms with van der Waals surface area (Å²) in [7, 11) is 0. The summed E-state index contributed by atoms with van der Waals surface area (Å²) in [6.45, 7) is 5.26. The van der Waals surface area contributed by atoms with Gasteiger partial charge in [-0.15, -0.1) is 0 Å². The van der Waals surface area contributed by atoms with Gasteiger partial charge in [-0.25, -0.2) is 0 Å². The van der Waals surface area contributed by atoms with Gasteiger partial charge in [0.1, 0.15) is 0 Å². The third-order valence-corrected chi connectivity index (χ3v) is 7.71. The zero-order valence-corrected chi connectivity index (χ0v) is 19.4. The molecule has 1 aliphatic carbocycles. The Morgan fingerprint density at radius 3 is 2.55 bits per heavy atom. The Labute approximate surface area is 194 Å². The third kappa shape index (κ3) is 3.65. The van der Waals surface area contributed by atoms with Crippen molar-refractivity contribution in [3.63, 3.8) is 0 Å². The largest absolute Gasteiger partial charge is 0.396 e. The van der Waals surface area contributed by atoms with Gasteiger partial charge >= 0.3 is 0 Å². The molecule has 4 atom stereocenters. The highest BCUT2D eigenvalue weighted by molar-refractivity contribution is 5.83. The molecule has 5 rings (SSSR count). The third-order valence-electron chi connectivity index (χ3n) is 7.71. The molecule has 2 N–H and O–H groups in total. The standard InChI is InChI=1S/C27H33N3O3/c1-3-7-17-10-11-23-24-21(15-30(23)27(17)33)22(16-31)25(29(24)12-4-2)26(32)28-20-13-18-8-5-6-9-19(18)14-20/h3,5-11,20-22,24-25,31H,4,12-16H2,1-2H3,(H,28,32)/b7-3-/t21-,22-,24+,25-/m0/s1. The fraction of sp³-hybridized carbons (Fsp3) is 0.481. The van der Waals surface area contributed by atoms with Gasteiger partial charge in [-0.1, -0.05) is 43.3 Å². The van der Waals surface area contributed by atoms with Crippen LogP contribution in [0, 0.1) is 11.8 Å². The van der Waals surface area contributed by atoms with E-state index in [1.54, 1.807) is 0 Å². The molecule has 3 aliphatic rings. The van der Waals surface area contributed by atoms with E-state index in [2.05, 4.69) is 29.3 Å². The number of nitrogens with zero attached hydrogens (tertiary/aromatic N) is 2. The summed E-state index contributed by atoms with van der Waals surface area (Å²) in [4.78, 5) is 28.9. The summed E-state index contributed by atoms with van der Waals surface area (Å²) in [5.41, 5.74) is 4.27. The summed E-state index contributed by atoms with van der Waals surface area (Å²) >= 11 is 0. The maximum atomic E-state index is 13.6. The van der Waals surface area contributed by atoms with Crippen LogP contribution < -0.4 is 10.9 Å². The minimum atomic E-state index is -0.382. The number of hydrogen-bond donors (Lipinski definition) is 2. The molecule has 3 heterocycles. The quantitative estimate of drug-likeness (QED) is 0.714. The number of carbonyl (C=O) groups excluding carboxylic acids is 1. The van der Waals surface area contributed by atoms with Crippen molar-refractivity contribution in [3.8, 4) is 0 Å². The van der Waals surface area contributed by atoms with Gasteiger partial charge < -0.3 is 15.0 Å². The van der Waals surface area contributed by atoms with E-state index in [4.69, 9.17) is 0 Å². The molecule has 1 aromatic carbocycles. The Morgan fingerprint density at radius 2 is 1.91 bits per heavy atom. The Morgan fingerprint density at radius 1 is 1.18 bits per heavy atom. The van der Waals surface area contributed by atoms with Gasteiger partial charge in [-0.05, 0) is 56.0 Å². The smallest absolute Gasteiger partial charge is 0.258 e. The van der Waals surface area contributed by atoms with Crippen LogP contribution in [0.25, 0.3) is 6.08 Å². The number of aliphatic hydroxyl groups excluding tert-OH is 1. The average Bonchev–Trinajstić information content (AvgIpc) is 3.47. The molecule has 2 aliphatic heterocycles. The van der Waals surface area contributed by atoms with E-state index in [9.17, 15) is 14.7 Å². The van der Waals surface area contributed by atoms with Gasteiger partial charge in [0.15, 0.2) is 0 Å². The fourth-order valence-electron chi connectivity index (χ4n) is 6.40. The number of allylic oxidation sites excluding steroid dienone is 1. The molecule has 174 valence electrons. The van der Waals surface area contributed by atoms with Crippen LogP contribution >= 0.6 is 0 Å². The molecular formula is C27H33N3O3. The number of benzene rings is 1. The normalized spacial score (nSPS) is 26.5. The first-order chi connectivity index (χ1) is 16.1. The molecule has 1 saturated heterocycles. The number of nitrogens with one attached hydrogen (secondary N) is 1. The molecule has 2 aromatic rings. The van der Waals surface area contributed by atoms with Crippen LogP contribution in [0.2, 0.25) is 0 Å². The van der Waals surface area contributed by atoms with Gasteiger partial charge in [-0.3, -0.25) is 14.5 Å². The lowest BCUT2D eigenvalue weighted by Crippen LogP contribution is -2.51. The SMILES string of the molecule is C/C=C\c1ccc2n(c1=O)C[C@H]1[C@H](CO)[C@@H](C(=O)NC3Cc4ccccc4C3)N(CCC)[C@@H]21. The van der Waals surface area contributed by atoms with E-state index in [-0.39, 0.29) is 48.0 Å².